The Labute approximate surface area is 180 Å². The van der Waals surface area contributed by atoms with E-state index in [1.165, 1.54) is 28.1 Å². The van der Waals surface area contributed by atoms with E-state index in [4.69, 9.17) is 0 Å². The Kier molecular flexibility index (Phi) is 5.86. The molecule has 5 nitrogen and oxygen atoms in total. The molecule has 0 saturated carbocycles. The second-order valence-corrected chi connectivity index (χ2v) is 8.37. The molecule has 0 spiro atoms. The van der Waals surface area contributed by atoms with E-state index in [-0.39, 0.29) is 11.7 Å². The zero-order valence-corrected chi connectivity index (χ0v) is 18.2. The van der Waals surface area contributed by atoms with Crippen molar-refractivity contribution in [1.29, 1.82) is 0 Å². The minimum Gasteiger partial charge on any atom is -0.325 e. The number of rotatable bonds is 6. The molecule has 0 aliphatic carbocycles. The van der Waals surface area contributed by atoms with Crippen LogP contribution in [0.15, 0.2) is 65.8 Å². The second-order valence-electron chi connectivity index (χ2n) is 7.43. The Morgan fingerprint density at radius 2 is 1.83 bits per heavy atom. The number of aryl methyl sites for hydroxylation is 2. The fraction of sp³-hybridized carbons (Fsp3) is 0.208. The molecule has 0 fully saturated rings. The number of nitrogens with zero attached hydrogens (tertiary/aromatic N) is 3. The Hall–Kier alpha value is -3.12. The summed E-state index contributed by atoms with van der Waals surface area (Å²) >= 11 is 1.40. The number of benzene rings is 3. The molecule has 1 N–H and O–H groups in total. The molecule has 1 aromatic heterocycles. The topological polar surface area (TPSA) is 59.8 Å². The third-order valence-electron chi connectivity index (χ3n) is 5.15. The molecular formula is C24H24N4OS. The smallest absolute Gasteiger partial charge is 0.234 e. The van der Waals surface area contributed by atoms with Gasteiger partial charge < -0.3 is 9.88 Å². The van der Waals surface area contributed by atoms with Gasteiger partial charge in [0.05, 0.1) is 5.75 Å². The van der Waals surface area contributed by atoms with Crippen molar-refractivity contribution in [3.8, 4) is 0 Å². The van der Waals surface area contributed by atoms with Crippen molar-refractivity contribution in [1.82, 2.24) is 14.8 Å². The monoisotopic (exact) mass is 416 g/mol. The molecule has 1 heterocycles. The van der Waals surface area contributed by atoms with Gasteiger partial charge in [-0.2, -0.15) is 0 Å². The molecule has 0 atom stereocenters. The molecular weight excluding hydrogens is 392 g/mol. The normalized spacial score (nSPS) is 11.0. The molecule has 0 unspecified atom stereocenters. The summed E-state index contributed by atoms with van der Waals surface area (Å²) < 4.78 is 1.97. The summed E-state index contributed by atoms with van der Waals surface area (Å²) in [4.78, 5) is 12.4. The molecule has 4 rings (SSSR count). The standard InChI is InChI=1S/C24H24N4OS/c1-16-11-12-17(2)21(13-16)25-23(29)15-30-24-27-26-22(28(24)3)14-19-9-6-8-18-7-4-5-10-20(18)19/h4-13H,14-15H2,1-3H3,(H,25,29). The summed E-state index contributed by atoms with van der Waals surface area (Å²) in [6, 6.07) is 20.7. The van der Waals surface area contributed by atoms with E-state index in [0.29, 0.717) is 6.42 Å². The van der Waals surface area contributed by atoms with Crippen molar-refractivity contribution < 1.29 is 4.79 Å². The van der Waals surface area contributed by atoms with E-state index in [1.807, 2.05) is 49.7 Å². The Balaban J connectivity index is 1.43. The highest BCUT2D eigenvalue weighted by Gasteiger charge is 2.13. The predicted molar refractivity (Wildman–Crippen MR) is 123 cm³/mol. The molecule has 0 aliphatic rings. The summed E-state index contributed by atoms with van der Waals surface area (Å²) in [6.07, 6.45) is 0.695. The molecule has 1 amide bonds. The van der Waals surface area contributed by atoms with Crippen molar-refractivity contribution in [3.05, 3.63) is 83.2 Å². The average Bonchev–Trinajstić information content (AvgIpc) is 3.09. The minimum absolute atomic E-state index is 0.0488. The minimum atomic E-state index is -0.0488. The number of fused-ring (bicyclic) bond motifs is 1. The van der Waals surface area contributed by atoms with Crippen LogP contribution in [0, 0.1) is 13.8 Å². The van der Waals surface area contributed by atoms with Gasteiger partial charge in [-0.3, -0.25) is 4.79 Å². The fourth-order valence-corrected chi connectivity index (χ4v) is 4.16. The highest BCUT2D eigenvalue weighted by atomic mass is 32.2. The third-order valence-corrected chi connectivity index (χ3v) is 6.17. The number of carbonyl (C=O) groups excluding carboxylic acids is 1. The zero-order chi connectivity index (χ0) is 21.1. The lowest BCUT2D eigenvalue weighted by atomic mass is 10.0. The maximum absolute atomic E-state index is 12.4. The summed E-state index contributed by atoms with van der Waals surface area (Å²) in [7, 11) is 1.95. The van der Waals surface area contributed by atoms with E-state index in [2.05, 4.69) is 51.9 Å². The number of nitrogens with one attached hydrogen (secondary N) is 1. The second kappa shape index (κ2) is 8.71. The number of aromatic nitrogens is 3. The largest absolute Gasteiger partial charge is 0.325 e. The van der Waals surface area contributed by atoms with Gasteiger partial charge in [0, 0.05) is 19.2 Å². The van der Waals surface area contributed by atoms with Crippen molar-refractivity contribution in [2.45, 2.75) is 25.4 Å². The average molecular weight is 417 g/mol. The maximum Gasteiger partial charge on any atom is 0.234 e. The number of carbonyl (C=O) groups is 1. The molecule has 0 aliphatic heterocycles. The lowest BCUT2D eigenvalue weighted by molar-refractivity contribution is -0.113. The highest BCUT2D eigenvalue weighted by Crippen LogP contribution is 2.23. The summed E-state index contributed by atoms with van der Waals surface area (Å²) in [5, 5.41) is 14.8. The number of amides is 1. The van der Waals surface area contributed by atoms with Crippen LogP contribution in [0.1, 0.15) is 22.5 Å². The lowest BCUT2D eigenvalue weighted by Crippen LogP contribution is -2.15. The van der Waals surface area contributed by atoms with E-state index in [9.17, 15) is 4.79 Å². The van der Waals surface area contributed by atoms with Gasteiger partial charge in [-0.05, 0) is 47.4 Å². The number of hydrogen-bond acceptors (Lipinski definition) is 4. The summed E-state index contributed by atoms with van der Waals surface area (Å²) in [5.74, 6) is 1.12. The van der Waals surface area contributed by atoms with Crippen molar-refractivity contribution in [3.63, 3.8) is 0 Å². The molecule has 30 heavy (non-hydrogen) atoms. The molecule has 3 aromatic carbocycles. The van der Waals surface area contributed by atoms with Gasteiger partial charge in [0.15, 0.2) is 5.16 Å². The van der Waals surface area contributed by atoms with Gasteiger partial charge in [-0.1, -0.05) is 66.4 Å². The predicted octanol–water partition coefficient (Wildman–Crippen LogP) is 4.91. The van der Waals surface area contributed by atoms with Crippen LogP contribution in [-0.4, -0.2) is 26.4 Å². The number of anilines is 1. The van der Waals surface area contributed by atoms with Crippen LogP contribution in [0.3, 0.4) is 0 Å². The van der Waals surface area contributed by atoms with Gasteiger partial charge in [0.25, 0.3) is 0 Å². The molecule has 0 radical (unpaired) electrons. The van der Waals surface area contributed by atoms with Crippen LogP contribution in [0.4, 0.5) is 5.69 Å². The van der Waals surface area contributed by atoms with Gasteiger partial charge in [0.1, 0.15) is 5.82 Å². The maximum atomic E-state index is 12.4. The first kappa shape index (κ1) is 20.2. The van der Waals surface area contributed by atoms with Crippen molar-refractivity contribution in [2.24, 2.45) is 7.05 Å². The summed E-state index contributed by atoms with van der Waals surface area (Å²) in [6.45, 7) is 4.01. The van der Waals surface area contributed by atoms with Crippen LogP contribution < -0.4 is 5.32 Å². The van der Waals surface area contributed by atoms with E-state index in [1.54, 1.807) is 0 Å². The third kappa shape index (κ3) is 4.39. The van der Waals surface area contributed by atoms with E-state index < -0.39 is 0 Å². The lowest BCUT2D eigenvalue weighted by Gasteiger charge is -2.09. The van der Waals surface area contributed by atoms with Gasteiger partial charge in [0.2, 0.25) is 5.91 Å². The van der Waals surface area contributed by atoms with Crippen molar-refractivity contribution >= 4 is 34.1 Å². The van der Waals surface area contributed by atoms with Gasteiger partial charge >= 0.3 is 0 Å². The quantitative estimate of drug-likeness (QED) is 0.454. The Bertz CT molecular complexity index is 1210. The molecule has 0 saturated heterocycles. The van der Waals surface area contributed by atoms with Crippen LogP contribution in [-0.2, 0) is 18.3 Å². The fourth-order valence-electron chi connectivity index (χ4n) is 3.43. The molecule has 152 valence electrons. The molecule has 0 bridgehead atoms. The zero-order valence-electron chi connectivity index (χ0n) is 17.3. The Morgan fingerprint density at radius 3 is 2.70 bits per heavy atom. The first-order valence-electron chi connectivity index (χ1n) is 9.86. The number of thioether (sulfide) groups is 1. The first-order chi connectivity index (χ1) is 14.5. The van der Waals surface area contributed by atoms with Crippen LogP contribution in [0.2, 0.25) is 0 Å². The Morgan fingerprint density at radius 1 is 1.03 bits per heavy atom. The van der Waals surface area contributed by atoms with Crippen molar-refractivity contribution in [2.75, 3.05) is 11.1 Å². The molecule has 4 aromatic rings. The van der Waals surface area contributed by atoms with E-state index in [0.717, 1.165) is 27.8 Å². The first-order valence-corrected chi connectivity index (χ1v) is 10.8. The van der Waals surface area contributed by atoms with Crippen LogP contribution in [0.5, 0.6) is 0 Å². The number of hydrogen-bond donors (Lipinski definition) is 1. The highest BCUT2D eigenvalue weighted by molar-refractivity contribution is 7.99. The van der Waals surface area contributed by atoms with Gasteiger partial charge in [-0.25, -0.2) is 0 Å². The molecule has 6 heteroatoms. The SMILES string of the molecule is Cc1ccc(C)c(NC(=O)CSc2nnc(Cc3cccc4ccccc34)n2C)c1. The van der Waals surface area contributed by atoms with Gasteiger partial charge in [-0.15, -0.1) is 10.2 Å². The van der Waals surface area contributed by atoms with E-state index >= 15 is 0 Å². The summed E-state index contributed by atoms with van der Waals surface area (Å²) in [5.41, 5.74) is 4.24. The van der Waals surface area contributed by atoms with Crippen LogP contribution in [0.25, 0.3) is 10.8 Å². The van der Waals surface area contributed by atoms with Crippen LogP contribution >= 0.6 is 11.8 Å².